The Hall–Kier alpha value is -1.03. The number of rotatable bonds is 2. The summed E-state index contributed by atoms with van der Waals surface area (Å²) in [5, 5.41) is 11.6. The van der Waals surface area contributed by atoms with Crippen molar-refractivity contribution in [3.8, 4) is 0 Å². The number of nitrogens with one attached hydrogen (secondary N) is 1. The van der Waals surface area contributed by atoms with E-state index in [0.717, 1.165) is 11.3 Å². The summed E-state index contributed by atoms with van der Waals surface area (Å²) in [5.74, 6) is 0. The van der Waals surface area contributed by atoms with E-state index in [2.05, 4.69) is 15.5 Å². The highest BCUT2D eigenvalue weighted by molar-refractivity contribution is 6.33. The first kappa shape index (κ1) is 12.4. The Kier molecular flexibility index (Phi) is 3.72. The van der Waals surface area contributed by atoms with Crippen LogP contribution in [0.2, 0.25) is 15.3 Å². The van der Waals surface area contributed by atoms with Crippen LogP contribution in [-0.2, 0) is 0 Å². The molecule has 0 aliphatic rings. The SMILES string of the molecule is Cc1ccc(Nc2cc(Cl)nnc2Cl)cc1Cl. The van der Waals surface area contributed by atoms with Crippen molar-refractivity contribution in [3.63, 3.8) is 0 Å². The molecule has 6 heteroatoms. The molecule has 0 saturated carbocycles. The molecule has 88 valence electrons. The zero-order valence-corrected chi connectivity index (χ0v) is 11.1. The highest BCUT2D eigenvalue weighted by Gasteiger charge is 2.05. The second-order valence-corrected chi connectivity index (χ2v) is 4.61. The molecule has 0 spiro atoms. The zero-order chi connectivity index (χ0) is 12.4. The maximum atomic E-state index is 6.02. The molecule has 0 fully saturated rings. The summed E-state index contributed by atoms with van der Waals surface area (Å²) in [6, 6.07) is 7.22. The summed E-state index contributed by atoms with van der Waals surface area (Å²) in [4.78, 5) is 0. The predicted octanol–water partition coefficient (Wildman–Crippen LogP) is 4.49. The topological polar surface area (TPSA) is 37.8 Å². The lowest BCUT2D eigenvalue weighted by atomic mass is 10.2. The Balaban J connectivity index is 2.31. The van der Waals surface area contributed by atoms with Gasteiger partial charge in [-0.05, 0) is 24.6 Å². The Morgan fingerprint density at radius 2 is 1.82 bits per heavy atom. The van der Waals surface area contributed by atoms with E-state index in [0.29, 0.717) is 10.7 Å². The van der Waals surface area contributed by atoms with Crippen molar-refractivity contribution in [1.29, 1.82) is 0 Å². The van der Waals surface area contributed by atoms with Crippen LogP contribution in [0.3, 0.4) is 0 Å². The summed E-state index contributed by atoms with van der Waals surface area (Å²) in [7, 11) is 0. The van der Waals surface area contributed by atoms with Gasteiger partial charge in [0.2, 0.25) is 0 Å². The monoisotopic (exact) mass is 287 g/mol. The van der Waals surface area contributed by atoms with Crippen LogP contribution in [-0.4, -0.2) is 10.2 Å². The second kappa shape index (κ2) is 5.08. The van der Waals surface area contributed by atoms with Crippen molar-refractivity contribution in [3.05, 3.63) is 45.2 Å². The Morgan fingerprint density at radius 1 is 1.06 bits per heavy atom. The van der Waals surface area contributed by atoms with Gasteiger partial charge in [0.15, 0.2) is 10.3 Å². The second-order valence-electron chi connectivity index (χ2n) is 3.46. The number of aromatic nitrogens is 2. The molecule has 0 atom stereocenters. The molecule has 17 heavy (non-hydrogen) atoms. The van der Waals surface area contributed by atoms with Crippen LogP contribution >= 0.6 is 34.8 Å². The van der Waals surface area contributed by atoms with E-state index in [4.69, 9.17) is 34.8 Å². The lowest BCUT2D eigenvalue weighted by molar-refractivity contribution is 1.03. The van der Waals surface area contributed by atoms with E-state index in [1.807, 2.05) is 25.1 Å². The molecule has 2 rings (SSSR count). The van der Waals surface area contributed by atoms with Gasteiger partial charge in [-0.1, -0.05) is 40.9 Å². The molecule has 0 unspecified atom stereocenters. The molecule has 0 saturated heterocycles. The fraction of sp³-hybridized carbons (Fsp3) is 0.0909. The summed E-state index contributed by atoms with van der Waals surface area (Å²) in [6.07, 6.45) is 0. The fourth-order valence-electron chi connectivity index (χ4n) is 1.27. The van der Waals surface area contributed by atoms with Crippen LogP contribution in [0.1, 0.15) is 5.56 Å². The molecule has 0 bridgehead atoms. The van der Waals surface area contributed by atoms with Crippen molar-refractivity contribution < 1.29 is 0 Å². The highest BCUT2D eigenvalue weighted by atomic mass is 35.5. The molecular formula is C11H8Cl3N3. The number of benzene rings is 1. The average Bonchev–Trinajstić information content (AvgIpc) is 2.29. The standard InChI is InChI=1S/C11H8Cl3N3/c1-6-2-3-7(4-8(6)12)15-9-5-10(13)16-17-11(9)14/h2-5H,1H3,(H,15,16). The van der Waals surface area contributed by atoms with E-state index in [1.165, 1.54) is 0 Å². The maximum Gasteiger partial charge on any atom is 0.175 e. The van der Waals surface area contributed by atoms with Crippen LogP contribution in [0, 0.1) is 6.92 Å². The smallest absolute Gasteiger partial charge is 0.175 e. The van der Waals surface area contributed by atoms with Crippen LogP contribution in [0.4, 0.5) is 11.4 Å². The lowest BCUT2D eigenvalue weighted by Crippen LogP contribution is -1.95. The molecule has 0 aliphatic heterocycles. The number of anilines is 2. The van der Waals surface area contributed by atoms with Gasteiger partial charge in [-0.2, -0.15) is 0 Å². The Labute approximate surface area is 114 Å². The summed E-state index contributed by atoms with van der Waals surface area (Å²) in [6.45, 7) is 1.93. The minimum atomic E-state index is 0.256. The zero-order valence-electron chi connectivity index (χ0n) is 8.84. The fourth-order valence-corrected chi connectivity index (χ4v) is 1.73. The average molecular weight is 289 g/mol. The summed E-state index contributed by atoms with van der Waals surface area (Å²) in [5.41, 5.74) is 2.41. The molecule has 1 aromatic heterocycles. The van der Waals surface area contributed by atoms with Gasteiger partial charge in [0.25, 0.3) is 0 Å². The van der Waals surface area contributed by atoms with Crippen LogP contribution in [0.15, 0.2) is 24.3 Å². The highest BCUT2D eigenvalue weighted by Crippen LogP contribution is 2.27. The van der Waals surface area contributed by atoms with E-state index >= 15 is 0 Å². The number of nitrogens with zero attached hydrogens (tertiary/aromatic N) is 2. The normalized spacial score (nSPS) is 10.4. The molecule has 0 amide bonds. The summed E-state index contributed by atoms with van der Waals surface area (Å²) >= 11 is 17.7. The molecule has 1 N–H and O–H groups in total. The van der Waals surface area contributed by atoms with Crippen LogP contribution in [0.5, 0.6) is 0 Å². The molecule has 1 aromatic carbocycles. The third-order valence-electron chi connectivity index (χ3n) is 2.17. The van der Waals surface area contributed by atoms with E-state index in [-0.39, 0.29) is 10.3 Å². The molecule has 1 heterocycles. The third kappa shape index (κ3) is 3.00. The first-order valence-electron chi connectivity index (χ1n) is 4.78. The van der Waals surface area contributed by atoms with Gasteiger partial charge < -0.3 is 5.32 Å². The number of aryl methyl sites for hydroxylation is 1. The predicted molar refractivity (Wildman–Crippen MR) is 71.5 cm³/mol. The maximum absolute atomic E-state index is 6.02. The largest absolute Gasteiger partial charge is 0.353 e. The third-order valence-corrected chi connectivity index (χ3v) is 3.04. The number of halogens is 3. The number of hydrogen-bond donors (Lipinski definition) is 1. The van der Waals surface area contributed by atoms with E-state index in [9.17, 15) is 0 Å². The van der Waals surface area contributed by atoms with Gasteiger partial charge >= 0.3 is 0 Å². The minimum absolute atomic E-state index is 0.256. The van der Waals surface area contributed by atoms with Crippen molar-refractivity contribution in [2.24, 2.45) is 0 Å². The molecule has 0 radical (unpaired) electrons. The molecule has 2 aromatic rings. The van der Waals surface area contributed by atoms with Crippen LogP contribution in [0.25, 0.3) is 0 Å². The van der Waals surface area contributed by atoms with Crippen molar-refractivity contribution >= 4 is 46.2 Å². The van der Waals surface area contributed by atoms with E-state index < -0.39 is 0 Å². The molecule has 0 aliphatic carbocycles. The quantitative estimate of drug-likeness (QED) is 0.885. The van der Waals surface area contributed by atoms with Crippen molar-refractivity contribution in [2.45, 2.75) is 6.92 Å². The van der Waals surface area contributed by atoms with Crippen LogP contribution < -0.4 is 5.32 Å². The van der Waals surface area contributed by atoms with Crippen molar-refractivity contribution in [1.82, 2.24) is 10.2 Å². The molecule has 3 nitrogen and oxygen atoms in total. The van der Waals surface area contributed by atoms with Gasteiger partial charge in [0.1, 0.15) is 0 Å². The summed E-state index contributed by atoms with van der Waals surface area (Å²) < 4.78 is 0. The number of hydrogen-bond acceptors (Lipinski definition) is 3. The van der Waals surface area contributed by atoms with Gasteiger partial charge in [-0.3, -0.25) is 0 Å². The minimum Gasteiger partial charge on any atom is -0.353 e. The van der Waals surface area contributed by atoms with E-state index in [1.54, 1.807) is 6.07 Å². The van der Waals surface area contributed by atoms with Gasteiger partial charge in [0, 0.05) is 16.8 Å². The first-order chi connectivity index (χ1) is 8.06. The van der Waals surface area contributed by atoms with Gasteiger partial charge in [-0.15, -0.1) is 10.2 Å². The van der Waals surface area contributed by atoms with Gasteiger partial charge in [0.05, 0.1) is 5.69 Å². The Bertz CT molecular complexity index is 558. The van der Waals surface area contributed by atoms with Crippen molar-refractivity contribution in [2.75, 3.05) is 5.32 Å². The lowest BCUT2D eigenvalue weighted by Gasteiger charge is -2.08. The Morgan fingerprint density at radius 3 is 2.53 bits per heavy atom. The van der Waals surface area contributed by atoms with Gasteiger partial charge in [-0.25, -0.2) is 0 Å². The molecular weight excluding hydrogens is 281 g/mol. The first-order valence-corrected chi connectivity index (χ1v) is 5.91.